The summed E-state index contributed by atoms with van der Waals surface area (Å²) in [5, 5.41) is 0. The molecule has 90 valence electrons. The van der Waals surface area contributed by atoms with E-state index in [0.29, 0.717) is 11.6 Å². The second kappa shape index (κ2) is 4.21. The highest BCUT2D eigenvalue weighted by atomic mass is 16.6. The maximum atomic E-state index is 11.9. The Hall–Kier alpha value is -0.830. The van der Waals surface area contributed by atoms with Crippen molar-refractivity contribution in [2.24, 2.45) is 0 Å². The maximum Gasteiger partial charge on any atom is 0.335 e. The van der Waals surface area contributed by atoms with Crippen LogP contribution in [0.5, 0.6) is 0 Å². The lowest BCUT2D eigenvalue weighted by Gasteiger charge is -2.41. The van der Waals surface area contributed by atoms with Gasteiger partial charge in [-0.25, -0.2) is 4.79 Å². The normalized spacial score (nSPS) is 35.2. The lowest BCUT2D eigenvalue weighted by molar-refractivity contribution is -0.180. The smallest absolute Gasteiger partial charge is 0.335 e. The summed E-state index contributed by atoms with van der Waals surface area (Å²) >= 11 is 0. The third-order valence-corrected chi connectivity index (χ3v) is 4.20. The number of piperidine rings is 1. The van der Waals surface area contributed by atoms with Crippen LogP contribution in [-0.4, -0.2) is 29.7 Å². The predicted octanol–water partition coefficient (Wildman–Crippen LogP) is 2.47. The molecule has 0 amide bonds. The van der Waals surface area contributed by atoms with E-state index in [0.717, 1.165) is 12.8 Å². The first-order valence-electron chi connectivity index (χ1n) is 6.18. The number of fused-ring (bicyclic) bond motifs is 2. The molecule has 0 spiro atoms. The summed E-state index contributed by atoms with van der Waals surface area (Å²) in [6.07, 6.45) is 7.39. The van der Waals surface area contributed by atoms with Gasteiger partial charge in [0.15, 0.2) is 5.72 Å². The molecule has 2 bridgehead atoms. The summed E-state index contributed by atoms with van der Waals surface area (Å²) in [7, 11) is 2.09. The minimum absolute atomic E-state index is 0.156. The number of rotatable bonds is 2. The molecular weight excluding hydrogens is 202 g/mol. The molecule has 16 heavy (non-hydrogen) atoms. The Morgan fingerprint density at radius 3 is 2.88 bits per heavy atom. The molecule has 0 unspecified atom stereocenters. The molecule has 0 radical (unpaired) electrons. The molecule has 2 atom stereocenters. The van der Waals surface area contributed by atoms with Crippen LogP contribution in [0.15, 0.2) is 11.6 Å². The standard InChI is InChI=1S/C13H21NO2/c1-4-10(2)12(15)16-13-8-5-6-11(7-9-13)14(13)3/h4,11H,5-9H2,1-3H3/t11-,13-/m1/s1. The number of hydrogen-bond donors (Lipinski definition) is 0. The number of esters is 1. The summed E-state index contributed by atoms with van der Waals surface area (Å²) in [4.78, 5) is 14.1. The van der Waals surface area contributed by atoms with E-state index in [-0.39, 0.29) is 11.7 Å². The number of hydrogen-bond acceptors (Lipinski definition) is 3. The first-order valence-corrected chi connectivity index (χ1v) is 6.18. The fourth-order valence-electron chi connectivity index (χ4n) is 2.89. The third kappa shape index (κ3) is 1.77. The van der Waals surface area contributed by atoms with Gasteiger partial charge in [-0.15, -0.1) is 0 Å². The fourth-order valence-corrected chi connectivity index (χ4v) is 2.89. The Bertz CT molecular complexity index is 320. The van der Waals surface area contributed by atoms with E-state index in [4.69, 9.17) is 4.74 Å². The Morgan fingerprint density at radius 2 is 2.19 bits per heavy atom. The second-order valence-electron chi connectivity index (χ2n) is 5.00. The molecule has 2 aliphatic heterocycles. The van der Waals surface area contributed by atoms with Crippen molar-refractivity contribution in [2.75, 3.05) is 7.05 Å². The molecule has 2 saturated heterocycles. The van der Waals surface area contributed by atoms with Gasteiger partial charge in [0, 0.05) is 24.5 Å². The van der Waals surface area contributed by atoms with Gasteiger partial charge < -0.3 is 4.74 Å². The highest BCUT2D eigenvalue weighted by Gasteiger charge is 2.49. The summed E-state index contributed by atoms with van der Waals surface area (Å²) < 4.78 is 5.75. The SMILES string of the molecule is CC=C(C)C(=O)O[C@]12CCC[C@H](CC1)N2C. The van der Waals surface area contributed by atoms with Crippen LogP contribution in [-0.2, 0) is 9.53 Å². The third-order valence-electron chi connectivity index (χ3n) is 4.20. The molecule has 0 saturated carbocycles. The fraction of sp³-hybridized carbons (Fsp3) is 0.769. The van der Waals surface area contributed by atoms with Crippen molar-refractivity contribution in [3.8, 4) is 0 Å². The molecule has 2 aliphatic rings. The van der Waals surface area contributed by atoms with E-state index in [1.165, 1.54) is 19.3 Å². The van der Waals surface area contributed by atoms with Crippen LogP contribution in [0.1, 0.15) is 46.0 Å². The number of nitrogens with zero attached hydrogens (tertiary/aromatic N) is 1. The van der Waals surface area contributed by atoms with Gasteiger partial charge >= 0.3 is 5.97 Å². The van der Waals surface area contributed by atoms with Crippen molar-refractivity contribution in [3.63, 3.8) is 0 Å². The summed E-state index contributed by atoms with van der Waals surface area (Å²) in [6, 6.07) is 0.618. The van der Waals surface area contributed by atoms with Crippen LogP contribution in [0.25, 0.3) is 0 Å². The van der Waals surface area contributed by atoms with E-state index >= 15 is 0 Å². The molecule has 0 N–H and O–H groups in total. The van der Waals surface area contributed by atoms with Gasteiger partial charge in [-0.05, 0) is 40.2 Å². The Morgan fingerprint density at radius 1 is 1.44 bits per heavy atom. The van der Waals surface area contributed by atoms with Gasteiger partial charge in [0.1, 0.15) is 0 Å². The monoisotopic (exact) mass is 223 g/mol. The molecule has 2 rings (SSSR count). The van der Waals surface area contributed by atoms with E-state index in [1.54, 1.807) is 0 Å². The van der Waals surface area contributed by atoms with Crippen molar-refractivity contribution in [1.82, 2.24) is 4.90 Å². The topological polar surface area (TPSA) is 29.5 Å². The zero-order chi connectivity index (χ0) is 11.8. The minimum atomic E-state index is -0.301. The quantitative estimate of drug-likeness (QED) is 0.532. The molecule has 3 heteroatoms. The Balaban J connectivity index is 2.11. The summed E-state index contributed by atoms with van der Waals surface area (Å²) in [5.74, 6) is -0.156. The van der Waals surface area contributed by atoms with Gasteiger partial charge in [0.25, 0.3) is 0 Å². The van der Waals surface area contributed by atoms with Crippen molar-refractivity contribution in [2.45, 2.75) is 57.7 Å². The zero-order valence-corrected chi connectivity index (χ0v) is 10.5. The van der Waals surface area contributed by atoms with E-state index in [1.807, 2.05) is 19.9 Å². The molecule has 0 aromatic heterocycles. The van der Waals surface area contributed by atoms with Crippen LogP contribution in [0.3, 0.4) is 0 Å². The Labute approximate surface area is 97.5 Å². The average molecular weight is 223 g/mol. The first kappa shape index (κ1) is 11.6. The van der Waals surface area contributed by atoms with Gasteiger partial charge in [-0.3, -0.25) is 4.90 Å². The average Bonchev–Trinajstić information content (AvgIpc) is 2.50. The maximum absolute atomic E-state index is 11.9. The minimum Gasteiger partial charge on any atom is -0.440 e. The molecule has 0 aromatic rings. The van der Waals surface area contributed by atoms with Gasteiger partial charge in [0.2, 0.25) is 0 Å². The van der Waals surface area contributed by atoms with Gasteiger partial charge in [-0.2, -0.15) is 0 Å². The van der Waals surface area contributed by atoms with Crippen LogP contribution >= 0.6 is 0 Å². The van der Waals surface area contributed by atoms with Crippen LogP contribution in [0, 0.1) is 0 Å². The number of ether oxygens (including phenoxy) is 1. The Kier molecular flexibility index (Phi) is 3.06. The van der Waals surface area contributed by atoms with Gasteiger partial charge in [-0.1, -0.05) is 6.08 Å². The molecule has 0 aliphatic carbocycles. The molecule has 0 aromatic carbocycles. The van der Waals surface area contributed by atoms with Gasteiger partial charge in [0.05, 0.1) is 0 Å². The molecule has 2 fully saturated rings. The van der Waals surface area contributed by atoms with E-state index < -0.39 is 0 Å². The molecule has 3 nitrogen and oxygen atoms in total. The lowest BCUT2D eigenvalue weighted by atomic mass is 10.0. The summed E-state index contributed by atoms with van der Waals surface area (Å²) in [5.41, 5.74) is 0.404. The first-order chi connectivity index (χ1) is 7.59. The van der Waals surface area contributed by atoms with Crippen molar-refractivity contribution in [1.29, 1.82) is 0 Å². The van der Waals surface area contributed by atoms with Crippen molar-refractivity contribution in [3.05, 3.63) is 11.6 Å². The molecule has 2 heterocycles. The van der Waals surface area contributed by atoms with Crippen LogP contribution in [0.4, 0.5) is 0 Å². The largest absolute Gasteiger partial charge is 0.440 e. The predicted molar refractivity (Wildman–Crippen MR) is 62.9 cm³/mol. The lowest BCUT2D eigenvalue weighted by Crippen LogP contribution is -2.50. The second-order valence-corrected chi connectivity index (χ2v) is 5.00. The molecular formula is C13H21NO2. The number of carbonyl (C=O) groups is 1. The number of carbonyl (C=O) groups excluding carboxylic acids is 1. The van der Waals surface area contributed by atoms with Crippen molar-refractivity contribution < 1.29 is 9.53 Å². The zero-order valence-electron chi connectivity index (χ0n) is 10.5. The highest BCUT2D eigenvalue weighted by Crippen LogP contribution is 2.43. The van der Waals surface area contributed by atoms with Crippen molar-refractivity contribution >= 4 is 5.97 Å². The summed E-state index contributed by atoms with van der Waals surface area (Å²) in [6.45, 7) is 3.69. The van der Waals surface area contributed by atoms with E-state index in [2.05, 4.69) is 11.9 Å². The van der Waals surface area contributed by atoms with Crippen LogP contribution < -0.4 is 0 Å². The van der Waals surface area contributed by atoms with E-state index in [9.17, 15) is 4.79 Å². The highest BCUT2D eigenvalue weighted by molar-refractivity contribution is 5.87. The number of allylic oxidation sites excluding steroid dienone is 1. The van der Waals surface area contributed by atoms with Crippen LogP contribution in [0.2, 0.25) is 0 Å².